The second kappa shape index (κ2) is 3.21. The van der Waals surface area contributed by atoms with Crippen LogP contribution in [0.1, 0.15) is 5.56 Å². The third-order valence-electron chi connectivity index (χ3n) is 1.49. The first kappa shape index (κ1) is 7.82. The molecule has 0 saturated heterocycles. The van der Waals surface area contributed by atoms with Crippen molar-refractivity contribution in [3.63, 3.8) is 0 Å². The van der Waals surface area contributed by atoms with Crippen molar-refractivity contribution in [2.75, 3.05) is 5.73 Å². The molecule has 0 spiro atoms. The quantitative estimate of drug-likeness (QED) is 0.293. The van der Waals surface area contributed by atoms with E-state index in [0.717, 1.165) is 5.46 Å². The highest BCUT2D eigenvalue weighted by Gasteiger charge is 1.97. The largest absolute Gasteiger partial charge is 0.449 e. The van der Waals surface area contributed by atoms with Gasteiger partial charge in [-0.05, 0) is 6.07 Å². The van der Waals surface area contributed by atoms with Crippen LogP contribution in [0.3, 0.4) is 0 Å². The summed E-state index contributed by atoms with van der Waals surface area (Å²) in [6, 6.07) is 5.12. The van der Waals surface area contributed by atoms with Gasteiger partial charge >= 0.3 is 7.48 Å². The molecule has 0 radical (unpaired) electrons. The zero-order valence-corrected chi connectivity index (χ0v) is 6.04. The predicted molar refractivity (Wildman–Crippen MR) is 47.7 cm³/mol. The highest BCUT2D eigenvalue weighted by molar-refractivity contribution is 6.45. The molecule has 0 fully saturated rings. The summed E-state index contributed by atoms with van der Waals surface area (Å²) in [7, 11) is -0.0128. The van der Waals surface area contributed by atoms with E-state index in [-0.39, 0.29) is 7.48 Å². The fourth-order valence-electron chi connectivity index (χ4n) is 0.848. The molecule has 0 bridgehead atoms. The zero-order chi connectivity index (χ0) is 8.27. The monoisotopic (exact) mass is 148 g/mol. The van der Waals surface area contributed by atoms with E-state index in [1.165, 1.54) is 6.21 Å². The summed E-state index contributed by atoms with van der Waals surface area (Å²) in [5.74, 6) is 0. The minimum Gasteiger partial charge on any atom is -0.449 e. The van der Waals surface area contributed by atoms with E-state index in [9.17, 15) is 0 Å². The maximum absolute atomic E-state index is 8.73. The Morgan fingerprint density at radius 2 is 2.27 bits per heavy atom. The third kappa shape index (κ3) is 1.59. The van der Waals surface area contributed by atoms with Crippen LogP contribution in [-0.2, 0) is 0 Å². The van der Waals surface area contributed by atoms with E-state index in [0.29, 0.717) is 11.3 Å². The van der Waals surface area contributed by atoms with Crippen LogP contribution in [-0.4, -0.2) is 18.7 Å². The highest BCUT2D eigenvalue weighted by atomic mass is 16.2. The van der Waals surface area contributed by atoms with Gasteiger partial charge in [0.05, 0.1) is 0 Å². The SMILES string of the molecule is N=Cc1cc(BO)ccc1N. The molecule has 3 nitrogen and oxygen atoms in total. The van der Waals surface area contributed by atoms with Crippen LogP contribution < -0.4 is 11.2 Å². The van der Waals surface area contributed by atoms with Crippen LogP contribution >= 0.6 is 0 Å². The first-order valence-corrected chi connectivity index (χ1v) is 3.27. The number of hydrogen-bond donors (Lipinski definition) is 3. The Morgan fingerprint density at radius 3 is 2.82 bits per heavy atom. The van der Waals surface area contributed by atoms with Crippen molar-refractivity contribution in [2.24, 2.45) is 0 Å². The first-order chi connectivity index (χ1) is 5.27. The van der Waals surface area contributed by atoms with Gasteiger partial charge in [-0.25, -0.2) is 0 Å². The number of nitrogens with one attached hydrogen (secondary N) is 1. The maximum atomic E-state index is 8.73. The van der Waals surface area contributed by atoms with Gasteiger partial charge < -0.3 is 16.2 Å². The fourth-order valence-corrected chi connectivity index (χ4v) is 0.848. The Hall–Kier alpha value is -1.29. The van der Waals surface area contributed by atoms with Gasteiger partial charge in [-0.2, -0.15) is 0 Å². The minimum absolute atomic E-state index is 0.0128. The molecule has 1 aromatic rings. The summed E-state index contributed by atoms with van der Waals surface area (Å²) in [5, 5.41) is 15.7. The second-order valence-corrected chi connectivity index (χ2v) is 2.27. The third-order valence-corrected chi connectivity index (χ3v) is 1.49. The summed E-state index contributed by atoms with van der Waals surface area (Å²) in [4.78, 5) is 0. The van der Waals surface area contributed by atoms with Crippen molar-refractivity contribution in [2.45, 2.75) is 0 Å². The van der Waals surface area contributed by atoms with E-state index in [1.54, 1.807) is 18.2 Å². The Morgan fingerprint density at radius 1 is 1.55 bits per heavy atom. The van der Waals surface area contributed by atoms with Gasteiger partial charge in [-0.3, -0.25) is 0 Å². The average Bonchev–Trinajstić information content (AvgIpc) is 2.05. The zero-order valence-electron chi connectivity index (χ0n) is 6.04. The Bertz CT molecular complexity index is 275. The molecule has 1 rings (SSSR count). The van der Waals surface area contributed by atoms with Crippen molar-refractivity contribution < 1.29 is 5.02 Å². The predicted octanol–water partition coefficient (Wildman–Crippen LogP) is -0.764. The van der Waals surface area contributed by atoms with Gasteiger partial charge in [0.2, 0.25) is 0 Å². The van der Waals surface area contributed by atoms with Gasteiger partial charge in [-0.1, -0.05) is 17.6 Å². The van der Waals surface area contributed by atoms with E-state index < -0.39 is 0 Å². The summed E-state index contributed by atoms with van der Waals surface area (Å²) in [5.41, 5.74) is 7.51. The van der Waals surface area contributed by atoms with E-state index in [2.05, 4.69) is 0 Å². The molecule has 0 unspecified atom stereocenters. The minimum atomic E-state index is -0.0128. The highest BCUT2D eigenvalue weighted by Crippen LogP contribution is 2.04. The number of nitrogens with two attached hydrogens (primary N) is 1. The fraction of sp³-hybridized carbons (Fsp3) is 0. The van der Waals surface area contributed by atoms with Crippen LogP contribution in [0.4, 0.5) is 5.69 Å². The number of nitrogen functional groups attached to an aromatic ring is 1. The van der Waals surface area contributed by atoms with Crippen molar-refractivity contribution in [1.82, 2.24) is 0 Å². The molecule has 0 saturated carbocycles. The van der Waals surface area contributed by atoms with Crippen molar-refractivity contribution >= 4 is 24.8 Å². The van der Waals surface area contributed by atoms with Crippen molar-refractivity contribution in [1.29, 1.82) is 5.41 Å². The van der Waals surface area contributed by atoms with E-state index in [1.807, 2.05) is 0 Å². The lowest BCUT2D eigenvalue weighted by atomic mass is 9.87. The van der Waals surface area contributed by atoms with Crippen LogP contribution in [0, 0.1) is 5.41 Å². The molecule has 0 aromatic heterocycles. The summed E-state index contributed by atoms with van der Waals surface area (Å²) >= 11 is 0. The van der Waals surface area contributed by atoms with Crippen LogP contribution in [0.2, 0.25) is 0 Å². The lowest BCUT2D eigenvalue weighted by Gasteiger charge is -2.00. The molecule has 0 aliphatic carbocycles. The molecule has 11 heavy (non-hydrogen) atoms. The molecular weight excluding hydrogens is 139 g/mol. The number of rotatable bonds is 2. The number of hydrogen-bond acceptors (Lipinski definition) is 3. The topological polar surface area (TPSA) is 70.1 Å². The van der Waals surface area contributed by atoms with Gasteiger partial charge in [0.1, 0.15) is 0 Å². The summed E-state index contributed by atoms with van der Waals surface area (Å²) in [6.45, 7) is 0. The van der Waals surface area contributed by atoms with Crippen molar-refractivity contribution in [3.05, 3.63) is 23.8 Å². The van der Waals surface area contributed by atoms with Crippen LogP contribution in [0.25, 0.3) is 0 Å². The molecule has 4 N–H and O–H groups in total. The molecular formula is C7H9BN2O. The van der Waals surface area contributed by atoms with Gasteiger partial charge in [0, 0.05) is 17.5 Å². The molecule has 56 valence electrons. The lowest BCUT2D eigenvalue weighted by molar-refractivity contribution is 0.615. The Labute approximate surface area is 65.6 Å². The number of benzene rings is 1. The molecule has 0 aliphatic heterocycles. The smallest absolute Gasteiger partial charge is 0.304 e. The molecule has 4 heteroatoms. The van der Waals surface area contributed by atoms with Crippen LogP contribution in [0.5, 0.6) is 0 Å². The van der Waals surface area contributed by atoms with Gasteiger partial charge in [0.25, 0.3) is 0 Å². The average molecular weight is 148 g/mol. The Balaban J connectivity index is 3.12. The van der Waals surface area contributed by atoms with Gasteiger partial charge in [0.15, 0.2) is 0 Å². The van der Waals surface area contributed by atoms with Crippen LogP contribution in [0.15, 0.2) is 18.2 Å². The Kier molecular flexibility index (Phi) is 2.28. The standard InChI is InChI=1S/C7H9BN2O/c9-4-5-3-6(8-11)1-2-7(5)10/h1-4,8-9,11H,10H2. The number of anilines is 1. The molecule has 0 amide bonds. The molecule has 0 atom stereocenters. The normalized spacial score (nSPS) is 9.18. The van der Waals surface area contributed by atoms with E-state index in [4.69, 9.17) is 16.2 Å². The maximum Gasteiger partial charge on any atom is 0.304 e. The summed E-state index contributed by atoms with van der Waals surface area (Å²) in [6.07, 6.45) is 1.18. The molecule has 0 aliphatic rings. The second-order valence-electron chi connectivity index (χ2n) is 2.27. The van der Waals surface area contributed by atoms with Crippen molar-refractivity contribution in [3.8, 4) is 0 Å². The summed E-state index contributed by atoms with van der Waals surface area (Å²) < 4.78 is 0. The molecule has 1 aromatic carbocycles. The van der Waals surface area contributed by atoms with E-state index >= 15 is 0 Å². The van der Waals surface area contributed by atoms with Gasteiger partial charge in [-0.15, -0.1) is 0 Å². The first-order valence-electron chi connectivity index (χ1n) is 3.27. The lowest BCUT2D eigenvalue weighted by Crippen LogP contribution is -2.14. The molecule has 0 heterocycles.